The van der Waals surface area contributed by atoms with Crippen molar-refractivity contribution in [3.8, 4) is 0 Å². The van der Waals surface area contributed by atoms with Gasteiger partial charge in [-0.25, -0.2) is 8.78 Å². The first-order valence-electron chi connectivity index (χ1n) is 6.59. The Hall–Kier alpha value is -1.31. The van der Waals surface area contributed by atoms with Crippen LogP contribution in [-0.4, -0.2) is 9.78 Å². The monoisotopic (exact) mass is 358 g/mol. The highest BCUT2D eigenvalue weighted by Crippen LogP contribution is 2.28. The van der Waals surface area contributed by atoms with Gasteiger partial charge in [0.2, 0.25) is 0 Å². The van der Waals surface area contributed by atoms with Gasteiger partial charge in [-0.3, -0.25) is 16.0 Å². The van der Waals surface area contributed by atoms with Gasteiger partial charge in [-0.15, -0.1) is 0 Å². The summed E-state index contributed by atoms with van der Waals surface area (Å²) in [7, 11) is 1.80. The van der Waals surface area contributed by atoms with Gasteiger partial charge in [0.25, 0.3) is 0 Å². The normalized spacial score (nSPS) is 12.7. The summed E-state index contributed by atoms with van der Waals surface area (Å²) in [4.78, 5) is 0. The van der Waals surface area contributed by atoms with Crippen LogP contribution in [0.25, 0.3) is 0 Å². The lowest BCUT2D eigenvalue weighted by atomic mass is 10.0. The number of hydrogen-bond acceptors (Lipinski definition) is 3. The molecule has 21 heavy (non-hydrogen) atoms. The second-order valence-electron chi connectivity index (χ2n) is 4.74. The molecular weight excluding hydrogens is 342 g/mol. The van der Waals surface area contributed by atoms with Crippen LogP contribution in [0, 0.1) is 11.6 Å². The van der Waals surface area contributed by atoms with Gasteiger partial charge in [0.05, 0.1) is 21.9 Å². The quantitative estimate of drug-likeness (QED) is 0.638. The highest BCUT2D eigenvalue weighted by atomic mass is 79.9. The molecule has 0 fully saturated rings. The second-order valence-corrected chi connectivity index (χ2v) is 5.54. The fourth-order valence-electron chi connectivity index (χ4n) is 2.32. The Kier molecular flexibility index (Phi) is 5.08. The fourth-order valence-corrected chi connectivity index (χ4v) is 3.10. The predicted octanol–water partition coefficient (Wildman–Crippen LogP) is 2.77. The molecule has 3 N–H and O–H groups in total. The lowest BCUT2D eigenvalue weighted by Crippen LogP contribution is -2.31. The third kappa shape index (κ3) is 3.14. The maximum Gasteiger partial charge on any atom is 0.130 e. The molecule has 4 nitrogen and oxygen atoms in total. The van der Waals surface area contributed by atoms with Crippen LogP contribution in [0.15, 0.2) is 22.7 Å². The summed E-state index contributed by atoms with van der Waals surface area (Å²) >= 11 is 3.49. The van der Waals surface area contributed by atoms with Crippen LogP contribution in [0.4, 0.5) is 8.78 Å². The molecule has 1 heterocycles. The van der Waals surface area contributed by atoms with E-state index in [9.17, 15) is 8.78 Å². The highest BCUT2D eigenvalue weighted by molar-refractivity contribution is 9.10. The Bertz CT molecular complexity index is 622. The molecule has 1 aromatic heterocycles. The second kappa shape index (κ2) is 6.64. The van der Waals surface area contributed by atoms with Gasteiger partial charge < -0.3 is 0 Å². The molecule has 0 bridgehead atoms. The molecule has 2 rings (SSSR count). The number of nitrogens with one attached hydrogen (secondary N) is 1. The number of nitrogens with two attached hydrogens (primary N) is 1. The largest absolute Gasteiger partial charge is 0.271 e. The van der Waals surface area contributed by atoms with Crippen molar-refractivity contribution in [3.63, 3.8) is 0 Å². The number of hydrazine groups is 1. The van der Waals surface area contributed by atoms with Gasteiger partial charge >= 0.3 is 0 Å². The smallest absolute Gasteiger partial charge is 0.130 e. The van der Waals surface area contributed by atoms with Crippen molar-refractivity contribution in [1.29, 1.82) is 0 Å². The van der Waals surface area contributed by atoms with E-state index in [0.717, 1.165) is 22.3 Å². The maximum absolute atomic E-state index is 13.9. The Balaban J connectivity index is 2.38. The first-order valence-corrected chi connectivity index (χ1v) is 7.39. The summed E-state index contributed by atoms with van der Waals surface area (Å²) < 4.78 is 30.3. The Morgan fingerprint density at radius 1 is 1.38 bits per heavy atom. The summed E-state index contributed by atoms with van der Waals surface area (Å²) in [6, 6.07) is 3.09. The molecule has 2 aromatic rings. The Morgan fingerprint density at radius 2 is 2.00 bits per heavy atom. The van der Waals surface area contributed by atoms with Crippen LogP contribution in [-0.2, 0) is 19.9 Å². The van der Waals surface area contributed by atoms with Crippen LogP contribution in [0.1, 0.15) is 29.9 Å². The first-order chi connectivity index (χ1) is 9.99. The average Bonchev–Trinajstić information content (AvgIpc) is 2.72. The summed E-state index contributed by atoms with van der Waals surface area (Å²) in [6.45, 7) is 1.99. The van der Waals surface area contributed by atoms with Crippen molar-refractivity contribution in [2.75, 3.05) is 0 Å². The summed E-state index contributed by atoms with van der Waals surface area (Å²) in [5, 5.41) is 4.37. The molecule has 114 valence electrons. The number of rotatable bonds is 5. The molecular formula is C14H17BrF2N4. The van der Waals surface area contributed by atoms with E-state index in [0.29, 0.717) is 6.42 Å². The SMILES string of the molecule is CCc1nn(C)c(CC(NN)c2c(F)cccc2F)c1Br. The molecule has 0 spiro atoms. The van der Waals surface area contributed by atoms with Crippen LogP contribution in [0.3, 0.4) is 0 Å². The van der Waals surface area contributed by atoms with Crippen molar-refractivity contribution in [3.05, 3.63) is 51.3 Å². The van der Waals surface area contributed by atoms with Crippen molar-refractivity contribution < 1.29 is 8.78 Å². The topological polar surface area (TPSA) is 55.9 Å². The van der Waals surface area contributed by atoms with Crippen molar-refractivity contribution in [2.45, 2.75) is 25.8 Å². The zero-order chi connectivity index (χ0) is 15.6. The van der Waals surface area contributed by atoms with E-state index >= 15 is 0 Å². The van der Waals surface area contributed by atoms with E-state index in [-0.39, 0.29) is 5.56 Å². The number of hydrogen-bond donors (Lipinski definition) is 2. The number of nitrogens with zero attached hydrogens (tertiary/aromatic N) is 2. The Labute approximate surface area is 130 Å². The summed E-state index contributed by atoms with van der Waals surface area (Å²) in [5.41, 5.74) is 4.16. The molecule has 7 heteroatoms. The van der Waals surface area contributed by atoms with Crippen LogP contribution >= 0.6 is 15.9 Å². The maximum atomic E-state index is 13.9. The summed E-state index contributed by atoms with van der Waals surface area (Å²) in [5.74, 6) is 4.26. The molecule has 0 saturated carbocycles. The van der Waals surface area contributed by atoms with E-state index in [2.05, 4.69) is 26.5 Å². The molecule has 0 aliphatic carbocycles. The molecule has 0 radical (unpaired) electrons. The Morgan fingerprint density at radius 3 is 2.48 bits per heavy atom. The number of aryl methyl sites for hydroxylation is 2. The predicted molar refractivity (Wildman–Crippen MR) is 80.4 cm³/mol. The standard InChI is InChI=1S/C14H17BrF2N4/c1-3-10-14(15)12(21(2)20-10)7-11(19-18)13-8(16)5-4-6-9(13)17/h4-6,11,19H,3,7,18H2,1-2H3. The average molecular weight is 359 g/mol. The van der Waals surface area contributed by atoms with Gasteiger partial charge in [0.1, 0.15) is 11.6 Å². The lowest BCUT2D eigenvalue weighted by molar-refractivity contribution is 0.464. The van der Waals surface area contributed by atoms with E-state index in [1.165, 1.54) is 18.2 Å². The highest BCUT2D eigenvalue weighted by Gasteiger charge is 2.23. The lowest BCUT2D eigenvalue weighted by Gasteiger charge is -2.18. The number of benzene rings is 1. The van der Waals surface area contributed by atoms with Gasteiger partial charge in [0, 0.05) is 19.0 Å². The van der Waals surface area contributed by atoms with E-state index in [1.54, 1.807) is 11.7 Å². The van der Waals surface area contributed by atoms with Gasteiger partial charge in [-0.05, 0) is 34.5 Å². The zero-order valence-electron chi connectivity index (χ0n) is 11.8. The van der Waals surface area contributed by atoms with E-state index in [1.807, 2.05) is 6.92 Å². The van der Waals surface area contributed by atoms with Crippen LogP contribution in [0.5, 0.6) is 0 Å². The van der Waals surface area contributed by atoms with E-state index in [4.69, 9.17) is 5.84 Å². The minimum Gasteiger partial charge on any atom is -0.271 e. The zero-order valence-corrected chi connectivity index (χ0v) is 13.4. The van der Waals surface area contributed by atoms with Crippen LogP contribution in [0.2, 0.25) is 0 Å². The minimum absolute atomic E-state index is 0.0638. The number of aromatic nitrogens is 2. The molecule has 0 aliphatic rings. The third-order valence-electron chi connectivity index (χ3n) is 3.45. The van der Waals surface area contributed by atoms with Gasteiger partial charge in [-0.2, -0.15) is 5.10 Å². The third-order valence-corrected chi connectivity index (χ3v) is 4.37. The first kappa shape index (κ1) is 16.1. The van der Waals surface area contributed by atoms with Gasteiger partial charge in [-0.1, -0.05) is 13.0 Å². The molecule has 1 atom stereocenters. The minimum atomic E-state index is -0.678. The fraction of sp³-hybridized carbons (Fsp3) is 0.357. The van der Waals surface area contributed by atoms with Gasteiger partial charge in [0.15, 0.2) is 0 Å². The van der Waals surface area contributed by atoms with Crippen LogP contribution < -0.4 is 11.3 Å². The van der Waals surface area contributed by atoms with E-state index < -0.39 is 17.7 Å². The molecule has 1 unspecified atom stereocenters. The molecule has 0 amide bonds. The summed E-state index contributed by atoms with van der Waals surface area (Å²) in [6.07, 6.45) is 1.08. The van der Waals surface area contributed by atoms with Crippen molar-refractivity contribution in [2.24, 2.45) is 12.9 Å². The molecule has 1 aromatic carbocycles. The van der Waals surface area contributed by atoms with Crippen molar-refractivity contribution >= 4 is 15.9 Å². The van der Waals surface area contributed by atoms with Crippen molar-refractivity contribution in [1.82, 2.24) is 15.2 Å². The number of halogens is 3. The molecule has 0 saturated heterocycles. The molecule has 0 aliphatic heterocycles.